The van der Waals surface area contributed by atoms with Gasteiger partial charge in [0.25, 0.3) is 5.56 Å². The number of nitrogens with zero attached hydrogens (tertiary/aromatic N) is 7. The third-order valence-electron chi connectivity index (χ3n) is 7.84. The number of fused-ring (bicyclic) bond motifs is 1. The summed E-state index contributed by atoms with van der Waals surface area (Å²) >= 11 is 0. The van der Waals surface area contributed by atoms with Crippen LogP contribution in [0.25, 0.3) is 22.9 Å². The molecule has 2 fully saturated rings. The van der Waals surface area contributed by atoms with Gasteiger partial charge in [0.05, 0.1) is 13.2 Å². The first-order valence-electron chi connectivity index (χ1n) is 14.9. The van der Waals surface area contributed by atoms with Gasteiger partial charge < -0.3 is 19.1 Å². The lowest BCUT2D eigenvalue weighted by molar-refractivity contribution is 0.0184. The molecular formula is C30H41N7O6. The van der Waals surface area contributed by atoms with Crippen LogP contribution >= 0.6 is 0 Å². The van der Waals surface area contributed by atoms with E-state index in [1.807, 2.05) is 32.9 Å². The number of piperidine rings is 2. The van der Waals surface area contributed by atoms with E-state index in [2.05, 4.69) is 14.9 Å². The summed E-state index contributed by atoms with van der Waals surface area (Å²) < 4.78 is 19.8. The summed E-state index contributed by atoms with van der Waals surface area (Å²) in [6.07, 6.45) is 4.43. The van der Waals surface area contributed by atoms with Crippen molar-refractivity contribution in [2.24, 2.45) is 7.05 Å². The molecule has 1 amide bonds. The highest BCUT2D eigenvalue weighted by molar-refractivity contribution is 5.68. The van der Waals surface area contributed by atoms with E-state index in [-0.39, 0.29) is 29.5 Å². The minimum absolute atomic E-state index is 0.0440. The molecule has 0 radical (unpaired) electrons. The highest BCUT2D eigenvalue weighted by atomic mass is 16.6. The van der Waals surface area contributed by atoms with Crippen molar-refractivity contribution in [2.75, 3.05) is 46.4 Å². The maximum Gasteiger partial charge on any atom is 0.410 e. The van der Waals surface area contributed by atoms with E-state index in [1.54, 1.807) is 22.8 Å². The average molecular weight is 596 g/mol. The summed E-state index contributed by atoms with van der Waals surface area (Å²) in [5.41, 5.74) is -1.16. The number of amides is 1. The van der Waals surface area contributed by atoms with Gasteiger partial charge in [-0.1, -0.05) is 6.42 Å². The molecule has 0 atom stereocenters. The number of likely N-dealkylation sites (tertiary alicyclic amines) is 2. The van der Waals surface area contributed by atoms with E-state index in [9.17, 15) is 14.4 Å². The van der Waals surface area contributed by atoms with E-state index in [0.717, 1.165) is 24.2 Å². The van der Waals surface area contributed by atoms with Crippen molar-refractivity contribution in [3.63, 3.8) is 0 Å². The zero-order valence-electron chi connectivity index (χ0n) is 25.7. The smallest absolute Gasteiger partial charge is 0.410 e. The third-order valence-corrected chi connectivity index (χ3v) is 7.84. The second-order valence-electron chi connectivity index (χ2n) is 12.1. The maximum absolute atomic E-state index is 13.2. The summed E-state index contributed by atoms with van der Waals surface area (Å²) in [6.45, 7) is 9.95. The van der Waals surface area contributed by atoms with Gasteiger partial charge in [-0.05, 0) is 77.7 Å². The largest absolute Gasteiger partial charge is 0.493 e. The van der Waals surface area contributed by atoms with Crippen molar-refractivity contribution in [1.29, 1.82) is 0 Å². The van der Waals surface area contributed by atoms with Gasteiger partial charge in [0, 0.05) is 32.2 Å². The number of rotatable bonds is 7. The zero-order valence-corrected chi connectivity index (χ0v) is 25.7. The van der Waals surface area contributed by atoms with E-state index in [0.29, 0.717) is 49.6 Å². The molecule has 0 aromatic heterocycles. The van der Waals surface area contributed by atoms with Crippen LogP contribution < -0.4 is 20.7 Å². The minimum atomic E-state index is -0.679. The Hall–Kier alpha value is -4.00. The standard InChI is InChI=1S/C30H41N7O6/c1-30(2,3)43-29(40)36-15-11-21(12-16-36)37-26-24(27(38)34(4)28(39)32-26)31-25(33-37)20-9-10-22(23(19-20)41-5)42-18-17-35-13-7-6-8-14-35/h9-10,19,21H,6-8,11-18H2,1-5H3. The van der Waals surface area contributed by atoms with Gasteiger partial charge in [0.1, 0.15) is 12.2 Å². The Kier molecular flexibility index (Phi) is 9.00. The molecule has 1 aromatic carbocycles. The monoisotopic (exact) mass is 595 g/mol. The van der Waals surface area contributed by atoms with Crippen LogP contribution in [0, 0.1) is 0 Å². The molecular weight excluding hydrogens is 554 g/mol. The van der Waals surface area contributed by atoms with Crippen LogP contribution in [-0.4, -0.2) is 92.3 Å². The molecule has 0 spiro atoms. The summed E-state index contributed by atoms with van der Waals surface area (Å²) in [5.74, 6) is 1.55. The van der Waals surface area contributed by atoms with Crippen LogP contribution in [-0.2, 0) is 11.8 Å². The van der Waals surface area contributed by atoms with Crippen molar-refractivity contribution < 1.29 is 19.0 Å². The first-order chi connectivity index (χ1) is 20.5. The molecule has 43 heavy (non-hydrogen) atoms. The Morgan fingerprint density at radius 1 is 1.00 bits per heavy atom. The molecule has 13 heteroatoms. The maximum atomic E-state index is 13.2. The van der Waals surface area contributed by atoms with Crippen molar-refractivity contribution in [3.8, 4) is 34.4 Å². The average Bonchev–Trinajstić information content (AvgIpc) is 2.99. The second kappa shape index (κ2) is 12.7. The molecule has 4 aliphatic rings. The Balaban J connectivity index is 1.42. The first kappa shape index (κ1) is 30.5. The lowest BCUT2D eigenvalue weighted by Crippen LogP contribution is -2.43. The lowest BCUT2D eigenvalue weighted by Gasteiger charge is -2.34. The SMILES string of the molecule is COc1cc(-c2nc3c(=O)n(C)c(=O)nc-3n(C3CCN(C(=O)OC(C)(C)C)CC3)n2)ccc1OCCN1CCCCC1. The molecule has 232 valence electrons. The van der Waals surface area contributed by atoms with Crippen LogP contribution in [0.2, 0.25) is 0 Å². The first-order valence-corrected chi connectivity index (χ1v) is 14.9. The van der Waals surface area contributed by atoms with Crippen molar-refractivity contribution in [2.45, 2.75) is 64.5 Å². The van der Waals surface area contributed by atoms with E-state index >= 15 is 0 Å². The molecule has 2 saturated heterocycles. The number of aromatic nitrogens is 5. The van der Waals surface area contributed by atoms with Crippen LogP contribution in [0.1, 0.15) is 58.9 Å². The van der Waals surface area contributed by atoms with Gasteiger partial charge in [-0.2, -0.15) is 10.1 Å². The van der Waals surface area contributed by atoms with Crippen molar-refractivity contribution in [1.82, 2.24) is 34.1 Å². The van der Waals surface area contributed by atoms with Crippen LogP contribution in [0.5, 0.6) is 11.5 Å². The number of ether oxygens (including phenoxy) is 3. The highest BCUT2D eigenvalue weighted by Gasteiger charge is 2.31. The Bertz CT molecular complexity index is 1530. The molecule has 5 rings (SSSR count). The van der Waals surface area contributed by atoms with Crippen LogP contribution in [0.3, 0.4) is 0 Å². The molecule has 0 N–H and O–H groups in total. The Morgan fingerprint density at radius 3 is 2.40 bits per heavy atom. The molecule has 1 aromatic rings. The van der Waals surface area contributed by atoms with Gasteiger partial charge in [-0.3, -0.25) is 14.3 Å². The summed E-state index contributed by atoms with van der Waals surface area (Å²) in [5, 5.41) is 4.78. The molecule has 4 aliphatic heterocycles. The highest BCUT2D eigenvalue weighted by Crippen LogP contribution is 2.33. The summed E-state index contributed by atoms with van der Waals surface area (Å²) in [6, 6.07) is 5.21. The Labute approximate surface area is 250 Å². The van der Waals surface area contributed by atoms with Gasteiger partial charge in [0.15, 0.2) is 28.8 Å². The number of hydrogen-bond acceptors (Lipinski definition) is 10. The van der Waals surface area contributed by atoms with Crippen LogP contribution in [0.15, 0.2) is 27.8 Å². The molecule has 4 heterocycles. The Morgan fingerprint density at radius 2 is 1.72 bits per heavy atom. The second-order valence-corrected chi connectivity index (χ2v) is 12.1. The zero-order chi connectivity index (χ0) is 30.7. The van der Waals surface area contributed by atoms with Crippen molar-refractivity contribution >= 4 is 6.09 Å². The fraction of sp³-hybridized carbons (Fsp3) is 0.600. The minimum Gasteiger partial charge on any atom is -0.493 e. The van der Waals surface area contributed by atoms with Gasteiger partial charge in [-0.25, -0.2) is 19.3 Å². The quantitative estimate of drug-likeness (QED) is 0.401. The lowest BCUT2D eigenvalue weighted by atomic mass is 10.1. The molecule has 13 nitrogen and oxygen atoms in total. The molecule has 0 unspecified atom stereocenters. The fourth-order valence-corrected chi connectivity index (χ4v) is 5.49. The predicted molar refractivity (Wildman–Crippen MR) is 160 cm³/mol. The number of carbonyl (C=O) groups excluding carboxylic acids is 1. The normalized spacial score (nSPS) is 16.8. The van der Waals surface area contributed by atoms with E-state index in [4.69, 9.17) is 19.3 Å². The molecule has 0 aliphatic carbocycles. The number of hydrogen-bond donors (Lipinski definition) is 0. The van der Waals surface area contributed by atoms with E-state index < -0.39 is 16.9 Å². The van der Waals surface area contributed by atoms with Gasteiger partial charge in [-0.15, -0.1) is 0 Å². The predicted octanol–water partition coefficient (Wildman–Crippen LogP) is 2.95. The fourth-order valence-electron chi connectivity index (χ4n) is 5.49. The number of methoxy groups -OCH3 is 1. The third kappa shape index (κ3) is 6.98. The summed E-state index contributed by atoms with van der Waals surface area (Å²) in [7, 11) is 2.95. The van der Waals surface area contributed by atoms with Gasteiger partial charge >= 0.3 is 11.8 Å². The van der Waals surface area contributed by atoms with Crippen molar-refractivity contribution in [3.05, 3.63) is 39.0 Å². The number of benzene rings is 1. The molecule has 0 saturated carbocycles. The van der Waals surface area contributed by atoms with Crippen LogP contribution in [0.4, 0.5) is 4.79 Å². The topological polar surface area (TPSA) is 134 Å². The molecule has 0 bridgehead atoms. The van der Waals surface area contributed by atoms with Gasteiger partial charge in [0.2, 0.25) is 0 Å². The number of carbonyl (C=O) groups is 1. The summed E-state index contributed by atoms with van der Waals surface area (Å²) in [4.78, 5) is 51.1. The van der Waals surface area contributed by atoms with E-state index in [1.165, 1.54) is 26.3 Å².